The summed E-state index contributed by atoms with van der Waals surface area (Å²) in [6.45, 7) is 2.41. The Kier molecular flexibility index (Phi) is 7.48. The molecule has 0 aliphatic carbocycles. The van der Waals surface area contributed by atoms with Gasteiger partial charge in [0.25, 0.3) is 0 Å². The minimum Gasteiger partial charge on any atom is -1.00 e. The van der Waals surface area contributed by atoms with Crippen LogP contribution in [0.15, 0.2) is 30.3 Å². The van der Waals surface area contributed by atoms with Crippen LogP contribution in [0.3, 0.4) is 0 Å². The smallest absolute Gasteiger partial charge is 0.218 e. The lowest BCUT2D eigenvalue weighted by atomic mass is 10.2. The molecule has 4 heteroatoms. The lowest BCUT2D eigenvalue weighted by molar-refractivity contribution is -0.923. The Hall–Kier alpha value is -0.610. The summed E-state index contributed by atoms with van der Waals surface area (Å²) in [7, 11) is 6.08. The molecule has 0 aliphatic rings. The number of nitrogens with zero attached hydrogens (tertiary/aromatic N) is 1. The number of aliphatic hydroxyl groups is 1. The van der Waals surface area contributed by atoms with Crippen molar-refractivity contribution in [2.24, 2.45) is 0 Å². The molecular weight excluding hydrogens is 250 g/mol. The summed E-state index contributed by atoms with van der Waals surface area (Å²) >= 11 is 0. The SMILES string of the molecule is CC(O)C(OCCc1ccccc1)[N+](C)(C)C.[Cl-]. The molecule has 3 nitrogen and oxygen atoms in total. The van der Waals surface area contributed by atoms with Gasteiger partial charge in [-0.05, 0) is 18.9 Å². The van der Waals surface area contributed by atoms with Gasteiger partial charge in [-0.1, -0.05) is 30.3 Å². The quantitative estimate of drug-likeness (QED) is 0.514. The fourth-order valence-electron chi connectivity index (χ4n) is 1.95. The second kappa shape index (κ2) is 7.74. The Bertz CT molecular complexity index is 322. The third-order valence-electron chi connectivity index (χ3n) is 2.70. The topological polar surface area (TPSA) is 29.5 Å². The standard InChI is InChI=1S/C14H24NO2.ClH/c1-12(16)14(15(2,3)4)17-11-10-13-8-6-5-7-9-13;/h5-9,12,14,16H,10-11H2,1-4H3;1H/q+1;/p-1. The maximum atomic E-state index is 9.70. The zero-order valence-electron chi connectivity index (χ0n) is 11.6. The van der Waals surface area contributed by atoms with Gasteiger partial charge in [0.15, 0.2) is 0 Å². The number of benzene rings is 1. The van der Waals surface area contributed by atoms with E-state index < -0.39 is 6.10 Å². The fraction of sp³-hybridized carbons (Fsp3) is 0.571. The second-order valence-electron chi connectivity index (χ2n) is 5.35. The van der Waals surface area contributed by atoms with Gasteiger partial charge in [-0.3, -0.25) is 0 Å². The maximum absolute atomic E-state index is 9.70. The van der Waals surface area contributed by atoms with Crippen LogP contribution in [0.5, 0.6) is 0 Å². The average Bonchev–Trinajstić information content (AvgIpc) is 2.23. The molecule has 0 bridgehead atoms. The maximum Gasteiger partial charge on any atom is 0.218 e. The molecule has 1 N–H and O–H groups in total. The van der Waals surface area contributed by atoms with Gasteiger partial charge < -0.3 is 26.7 Å². The Morgan fingerprint density at radius 1 is 1.17 bits per heavy atom. The molecule has 0 spiro atoms. The number of quaternary nitrogens is 1. The van der Waals surface area contributed by atoms with Crippen LogP contribution in [0.25, 0.3) is 0 Å². The molecular formula is C14H24ClNO2. The fourth-order valence-corrected chi connectivity index (χ4v) is 1.95. The summed E-state index contributed by atoms with van der Waals surface area (Å²) in [5.41, 5.74) is 1.26. The molecule has 0 aliphatic heterocycles. The molecule has 0 aromatic heterocycles. The molecule has 0 saturated carbocycles. The Morgan fingerprint density at radius 3 is 2.17 bits per heavy atom. The van der Waals surface area contributed by atoms with Crippen LogP contribution < -0.4 is 12.4 Å². The van der Waals surface area contributed by atoms with Crippen molar-refractivity contribution >= 4 is 0 Å². The van der Waals surface area contributed by atoms with Gasteiger partial charge in [-0.15, -0.1) is 0 Å². The van der Waals surface area contributed by atoms with E-state index in [-0.39, 0.29) is 18.6 Å². The van der Waals surface area contributed by atoms with Crippen molar-refractivity contribution in [3.05, 3.63) is 35.9 Å². The molecule has 2 atom stereocenters. The minimum absolute atomic E-state index is 0. The molecule has 18 heavy (non-hydrogen) atoms. The summed E-state index contributed by atoms with van der Waals surface area (Å²) in [5, 5.41) is 9.70. The van der Waals surface area contributed by atoms with Crippen molar-refractivity contribution in [1.82, 2.24) is 0 Å². The number of likely N-dealkylation sites (N-methyl/N-ethyl adjacent to an activating group) is 1. The van der Waals surface area contributed by atoms with Gasteiger partial charge in [-0.2, -0.15) is 0 Å². The highest BCUT2D eigenvalue weighted by molar-refractivity contribution is 5.14. The van der Waals surface area contributed by atoms with Crippen LogP contribution in [0.2, 0.25) is 0 Å². The van der Waals surface area contributed by atoms with Crippen molar-refractivity contribution in [2.45, 2.75) is 25.7 Å². The predicted octanol–water partition coefficient (Wildman–Crippen LogP) is -1.34. The highest BCUT2D eigenvalue weighted by Crippen LogP contribution is 2.10. The van der Waals surface area contributed by atoms with Gasteiger partial charge in [0.2, 0.25) is 6.23 Å². The first-order valence-corrected chi connectivity index (χ1v) is 6.06. The van der Waals surface area contributed by atoms with Crippen LogP contribution in [0, 0.1) is 0 Å². The Balaban J connectivity index is 0.00000289. The molecule has 0 amide bonds. The van der Waals surface area contributed by atoms with Crippen molar-refractivity contribution < 1.29 is 26.7 Å². The molecule has 104 valence electrons. The number of ether oxygens (including phenoxy) is 1. The van der Waals surface area contributed by atoms with E-state index in [1.54, 1.807) is 6.92 Å². The lowest BCUT2D eigenvalue weighted by Crippen LogP contribution is -3.00. The van der Waals surface area contributed by atoms with Crippen LogP contribution in [0.1, 0.15) is 12.5 Å². The lowest BCUT2D eigenvalue weighted by Gasteiger charge is -2.35. The first-order chi connectivity index (χ1) is 7.91. The third-order valence-corrected chi connectivity index (χ3v) is 2.70. The van der Waals surface area contributed by atoms with Crippen LogP contribution in [0.4, 0.5) is 0 Å². The van der Waals surface area contributed by atoms with Crippen molar-refractivity contribution in [3.63, 3.8) is 0 Å². The van der Waals surface area contributed by atoms with Gasteiger partial charge in [-0.25, -0.2) is 0 Å². The highest BCUT2D eigenvalue weighted by Gasteiger charge is 2.29. The molecule has 0 saturated heterocycles. The number of aliphatic hydroxyl groups excluding tert-OH is 1. The normalized spacial score (nSPS) is 14.7. The van der Waals surface area contributed by atoms with Crippen molar-refractivity contribution in [1.29, 1.82) is 0 Å². The monoisotopic (exact) mass is 273 g/mol. The van der Waals surface area contributed by atoms with Gasteiger partial charge in [0.05, 0.1) is 27.7 Å². The minimum atomic E-state index is -0.467. The second-order valence-corrected chi connectivity index (χ2v) is 5.35. The van der Waals surface area contributed by atoms with Gasteiger partial charge in [0.1, 0.15) is 6.10 Å². The van der Waals surface area contributed by atoms with E-state index in [0.29, 0.717) is 11.1 Å². The molecule has 0 heterocycles. The summed E-state index contributed by atoms with van der Waals surface area (Å²) in [6.07, 6.45) is 0.230. The zero-order valence-corrected chi connectivity index (χ0v) is 12.4. The van der Waals surface area contributed by atoms with E-state index in [4.69, 9.17) is 4.74 Å². The zero-order chi connectivity index (χ0) is 12.9. The number of hydrogen-bond donors (Lipinski definition) is 1. The number of halogens is 1. The van der Waals surface area contributed by atoms with Gasteiger partial charge in [0, 0.05) is 0 Å². The number of rotatable bonds is 6. The first kappa shape index (κ1) is 17.4. The molecule has 1 aromatic carbocycles. The van der Waals surface area contributed by atoms with E-state index in [9.17, 15) is 5.11 Å². The van der Waals surface area contributed by atoms with Crippen molar-refractivity contribution in [3.8, 4) is 0 Å². The molecule has 2 unspecified atom stereocenters. The predicted molar refractivity (Wildman–Crippen MR) is 69.6 cm³/mol. The third kappa shape index (κ3) is 5.83. The number of hydrogen-bond acceptors (Lipinski definition) is 2. The van der Waals surface area contributed by atoms with Gasteiger partial charge >= 0.3 is 0 Å². The summed E-state index contributed by atoms with van der Waals surface area (Å²) in [4.78, 5) is 0. The van der Waals surface area contributed by atoms with E-state index in [0.717, 1.165) is 6.42 Å². The molecule has 0 fully saturated rings. The van der Waals surface area contributed by atoms with E-state index in [1.165, 1.54) is 5.56 Å². The molecule has 1 aromatic rings. The molecule has 0 radical (unpaired) electrons. The van der Waals surface area contributed by atoms with Crippen LogP contribution >= 0.6 is 0 Å². The Labute approximate surface area is 116 Å². The largest absolute Gasteiger partial charge is 1.00 e. The first-order valence-electron chi connectivity index (χ1n) is 6.06. The van der Waals surface area contributed by atoms with E-state index in [2.05, 4.69) is 12.1 Å². The highest BCUT2D eigenvalue weighted by atomic mass is 35.5. The van der Waals surface area contributed by atoms with Crippen molar-refractivity contribution in [2.75, 3.05) is 27.7 Å². The average molecular weight is 274 g/mol. The summed E-state index contributed by atoms with van der Waals surface area (Å²) < 4.78 is 6.40. The Morgan fingerprint density at radius 2 is 1.72 bits per heavy atom. The molecule has 1 rings (SSSR count). The van der Waals surface area contributed by atoms with E-state index >= 15 is 0 Å². The van der Waals surface area contributed by atoms with Crippen LogP contribution in [-0.4, -0.2) is 49.7 Å². The summed E-state index contributed by atoms with van der Waals surface area (Å²) in [6, 6.07) is 10.2. The van der Waals surface area contributed by atoms with Crippen LogP contribution in [-0.2, 0) is 11.2 Å². The summed E-state index contributed by atoms with van der Waals surface area (Å²) in [5.74, 6) is 0. The van der Waals surface area contributed by atoms with E-state index in [1.807, 2.05) is 39.3 Å².